The van der Waals surface area contributed by atoms with Gasteiger partial charge < -0.3 is 89.7 Å². The fourth-order valence-electron chi connectivity index (χ4n) is 8.86. The molecule has 0 aliphatic carbocycles. The molecular formula is C88H102N14O13. The van der Waals surface area contributed by atoms with Crippen LogP contribution >= 0.6 is 0 Å². The molecule has 0 spiro atoms. The van der Waals surface area contributed by atoms with Gasteiger partial charge in [0.25, 0.3) is 11.8 Å². The lowest BCUT2D eigenvalue weighted by Crippen LogP contribution is -2.13. The molecule has 0 fully saturated rings. The van der Waals surface area contributed by atoms with Gasteiger partial charge in [0, 0.05) is 67.1 Å². The number of hydrogen-bond acceptors (Lipinski definition) is 16. The zero-order valence-electron chi connectivity index (χ0n) is 65.8. The first-order valence-electron chi connectivity index (χ1n) is 34.6. The minimum Gasteiger partial charge on any atom is -0.497 e. The normalized spacial score (nSPS) is 9.48. The maximum Gasteiger partial charge on any atom is 0.250 e. The highest BCUT2D eigenvalue weighted by Crippen LogP contribution is 2.22. The summed E-state index contributed by atoms with van der Waals surface area (Å²) in [6.07, 6.45) is 0. The Bertz CT molecular complexity index is 4830. The molecule has 0 saturated heterocycles. The summed E-state index contributed by atoms with van der Waals surface area (Å²) in [4.78, 5) is 117. The third-order valence-corrected chi connectivity index (χ3v) is 15.1. The van der Waals surface area contributed by atoms with Gasteiger partial charge in [-0.2, -0.15) is 0 Å². The van der Waals surface area contributed by atoms with E-state index in [1.807, 2.05) is 101 Å². The van der Waals surface area contributed by atoms with E-state index in [1.54, 1.807) is 214 Å². The second-order valence-corrected chi connectivity index (χ2v) is 25.3. The molecule has 0 heterocycles. The smallest absolute Gasteiger partial charge is 0.250 e. The first-order chi connectivity index (χ1) is 54.0. The first-order valence-corrected chi connectivity index (χ1v) is 34.6. The fourth-order valence-corrected chi connectivity index (χ4v) is 8.86. The molecule has 0 aliphatic heterocycles. The van der Waals surface area contributed by atoms with E-state index in [9.17, 15) is 52.7 Å². The first kappa shape index (κ1) is 97.6. The predicted octanol–water partition coefficient (Wildman–Crippen LogP) is 10.2. The van der Waals surface area contributed by atoms with Crippen LogP contribution in [-0.2, 0) is 5.41 Å². The van der Waals surface area contributed by atoms with Crippen molar-refractivity contribution in [1.29, 1.82) is 0 Å². The third-order valence-electron chi connectivity index (χ3n) is 15.1. The molecule has 0 aromatic heterocycles. The molecule has 0 bridgehead atoms. The Morgan fingerprint density at radius 2 is 0.557 bits per heavy atom. The van der Waals surface area contributed by atoms with E-state index in [1.165, 1.54) is 5.56 Å². The van der Waals surface area contributed by atoms with Gasteiger partial charge in [0.2, 0.25) is 53.2 Å². The van der Waals surface area contributed by atoms with Crippen molar-refractivity contribution < 1.29 is 62.2 Å². The van der Waals surface area contributed by atoms with Crippen LogP contribution in [0.15, 0.2) is 267 Å². The zero-order valence-corrected chi connectivity index (χ0v) is 65.8. The van der Waals surface area contributed by atoms with Crippen LogP contribution in [0.25, 0.3) is 0 Å². The highest BCUT2D eigenvalue weighted by molar-refractivity contribution is 6.00. The van der Waals surface area contributed by atoms with Crippen LogP contribution in [-0.4, -0.2) is 79.2 Å². The number of ether oxygens (including phenoxy) is 2. The molecule has 0 saturated carbocycles. The quantitative estimate of drug-likeness (QED) is 0.0477. The van der Waals surface area contributed by atoms with Crippen molar-refractivity contribution in [2.45, 2.75) is 60.8 Å². The SMILES string of the molecule is CC(C)(C)c1ccc(C(N)=O)cc1.COc1ccc(C(N)=O)cc1.COc1cccc(C(N)=O)c1.Cc1ccc(C(N)=O)c(C)c1.Cc1ccc(C(N)=O)cc1.Cc1cccc(C(N)=O)c1.Cc1ccccc1C(N)=O.NC(=O)c1cccc(N)c1.NC(=O)c1ccccc1.NC(=O)c1ccccc1N.NC(=O)c1ccccc1N. The van der Waals surface area contributed by atoms with Crippen LogP contribution in [0, 0.1) is 34.6 Å². The number of carbonyl (C=O) groups excluding carboxylic acids is 11. The molecular weight excluding hydrogens is 1460 g/mol. The monoisotopic (exact) mass is 1560 g/mol. The van der Waals surface area contributed by atoms with Crippen LogP contribution in [0.1, 0.15) is 168 Å². The standard InChI is InChI=1S/C11H15NO.C9H11NO.2C8H9NO2.3C8H9NO.3C7H8N2O.C7H7NO/c1-11(2,3)9-6-4-8(5-7-9)10(12)13;1-6-3-4-8(9(10)11)7(2)5-6;1-11-7-4-2-6(3-5-7)8(9)10;1-11-7-4-2-3-6(5-7)8(9)10;1-6-2-4-7(5-3-6)8(9)10;1-6-3-2-4-7(5-6)8(9)10;1-6-4-2-3-5-7(6)8(9)10;8-6-3-1-2-5(4-6)7(9)10;2*8-6-4-2-1-3-5(6)7(9)10;8-7(9)6-4-2-1-3-5-6/h4-7H,1-3H3,(H2,12,13);3-5H,1-2H3,(H2,10,11);2*2-5H,1H3,(H2,9,10);3*2-5H,1H3,(H2,9,10);3*1-4H,8H2,(H2,9,10);1-5H,(H2,8,9). The summed E-state index contributed by atoms with van der Waals surface area (Å²) >= 11 is 0. The van der Waals surface area contributed by atoms with Gasteiger partial charge in [0.15, 0.2) is 0 Å². The second kappa shape index (κ2) is 51.1. The second-order valence-electron chi connectivity index (χ2n) is 25.3. The molecule has 0 aliphatic rings. The third kappa shape index (κ3) is 39.5. The van der Waals surface area contributed by atoms with Gasteiger partial charge in [-0.1, -0.05) is 159 Å². The van der Waals surface area contributed by atoms with Gasteiger partial charge in [-0.3, -0.25) is 52.7 Å². The number of anilines is 3. The van der Waals surface area contributed by atoms with Crippen molar-refractivity contribution >= 4 is 82.0 Å². The number of primary amides is 11. The molecule has 115 heavy (non-hydrogen) atoms. The average Bonchev–Trinajstić information content (AvgIpc) is 0.881. The molecule has 28 N–H and O–H groups in total. The average molecular weight is 1560 g/mol. The van der Waals surface area contributed by atoms with Crippen molar-refractivity contribution in [2.24, 2.45) is 63.1 Å². The Balaban J connectivity index is 0.000000633. The molecule has 0 atom stereocenters. The largest absolute Gasteiger partial charge is 0.497 e. The number of amides is 11. The number of nitrogen functional groups attached to an aromatic ring is 3. The van der Waals surface area contributed by atoms with E-state index in [0.717, 1.165) is 33.6 Å². The zero-order chi connectivity index (χ0) is 87.1. The maximum absolute atomic E-state index is 10.8. The summed E-state index contributed by atoms with van der Waals surface area (Å²) < 4.78 is 9.79. The van der Waals surface area contributed by atoms with Crippen molar-refractivity contribution in [2.75, 3.05) is 31.4 Å². The van der Waals surface area contributed by atoms with Crippen LogP contribution in [0.5, 0.6) is 11.5 Å². The summed E-state index contributed by atoms with van der Waals surface area (Å²) in [5.74, 6) is -3.16. The van der Waals surface area contributed by atoms with Crippen LogP contribution < -0.4 is 89.7 Å². The van der Waals surface area contributed by atoms with Gasteiger partial charge in [0.1, 0.15) is 11.5 Å². The number of nitrogens with two attached hydrogens (primary N) is 14. The Labute approximate surface area is 669 Å². The molecule has 11 aromatic rings. The molecule has 0 radical (unpaired) electrons. The molecule has 11 rings (SSSR count). The number of hydrogen-bond donors (Lipinski definition) is 14. The predicted molar refractivity (Wildman–Crippen MR) is 453 cm³/mol. The van der Waals surface area contributed by atoms with E-state index in [0.29, 0.717) is 84.0 Å². The van der Waals surface area contributed by atoms with Crippen LogP contribution in [0.2, 0.25) is 0 Å². The van der Waals surface area contributed by atoms with E-state index in [2.05, 4.69) is 20.8 Å². The minimum atomic E-state index is -0.488. The van der Waals surface area contributed by atoms with E-state index in [-0.39, 0.29) is 40.9 Å². The molecule has 27 nitrogen and oxygen atoms in total. The van der Waals surface area contributed by atoms with Crippen molar-refractivity contribution in [3.8, 4) is 11.5 Å². The van der Waals surface area contributed by atoms with Crippen molar-refractivity contribution in [1.82, 2.24) is 0 Å². The van der Waals surface area contributed by atoms with Crippen molar-refractivity contribution in [3.63, 3.8) is 0 Å². The van der Waals surface area contributed by atoms with Gasteiger partial charge in [-0.15, -0.1) is 0 Å². The number of methoxy groups -OCH3 is 2. The number of para-hydroxylation sites is 2. The Morgan fingerprint density at radius 3 is 0.878 bits per heavy atom. The Hall–Kier alpha value is -15.4. The molecule has 11 aromatic carbocycles. The number of benzene rings is 11. The number of rotatable bonds is 13. The van der Waals surface area contributed by atoms with Crippen molar-refractivity contribution in [3.05, 3.63) is 361 Å². The van der Waals surface area contributed by atoms with Crippen LogP contribution in [0.4, 0.5) is 17.1 Å². The van der Waals surface area contributed by atoms with Crippen LogP contribution in [0.3, 0.4) is 0 Å². The summed E-state index contributed by atoms with van der Waals surface area (Å²) in [5.41, 5.74) is 85.2. The number of aryl methyl sites for hydroxylation is 5. The lowest BCUT2D eigenvalue weighted by molar-refractivity contribution is 0.0991. The highest BCUT2D eigenvalue weighted by atomic mass is 16.5. The summed E-state index contributed by atoms with van der Waals surface area (Å²) in [5, 5.41) is 0. The lowest BCUT2D eigenvalue weighted by Gasteiger charge is -2.18. The lowest BCUT2D eigenvalue weighted by atomic mass is 9.87. The van der Waals surface area contributed by atoms with Gasteiger partial charge in [0.05, 0.1) is 25.3 Å². The molecule has 11 amide bonds. The summed E-state index contributed by atoms with van der Waals surface area (Å²) in [6, 6.07) is 76.7. The molecule has 0 unspecified atom stereocenters. The van der Waals surface area contributed by atoms with Gasteiger partial charge in [-0.25, -0.2) is 0 Å². The fraction of sp³-hybridized carbons (Fsp3) is 0.125. The van der Waals surface area contributed by atoms with E-state index < -0.39 is 29.5 Å². The van der Waals surface area contributed by atoms with Gasteiger partial charge in [-0.05, 0) is 202 Å². The van der Waals surface area contributed by atoms with E-state index >= 15 is 0 Å². The Morgan fingerprint density at radius 1 is 0.243 bits per heavy atom. The topological polar surface area (TPSA) is 571 Å². The molecule has 602 valence electrons. The summed E-state index contributed by atoms with van der Waals surface area (Å²) in [6.45, 7) is 16.0. The molecule has 27 heteroatoms. The Kier molecular flexibility index (Phi) is 43.3. The number of carbonyl (C=O) groups is 11. The highest BCUT2D eigenvalue weighted by Gasteiger charge is 2.14. The minimum absolute atomic E-state index is 0.121. The summed E-state index contributed by atoms with van der Waals surface area (Å²) in [7, 11) is 3.11. The maximum atomic E-state index is 10.8. The van der Waals surface area contributed by atoms with E-state index in [4.69, 9.17) is 89.7 Å². The van der Waals surface area contributed by atoms with Gasteiger partial charge >= 0.3 is 0 Å².